The second kappa shape index (κ2) is 4.86. The highest BCUT2D eigenvalue weighted by Gasteiger charge is 2.05. The van der Waals surface area contributed by atoms with E-state index >= 15 is 0 Å². The molecular weight excluding hydrogens is 186 g/mol. The molecule has 0 spiro atoms. The molecule has 0 heterocycles. The first-order valence-corrected chi connectivity index (χ1v) is 4.43. The second-order valence-electron chi connectivity index (χ2n) is 2.95. The van der Waals surface area contributed by atoms with Gasteiger partial charge in [0.2, 0.25) is 0 Å². The van der Waals surface area contributed by atoms with Crippen LogP contribution in [0.2, 0.25) is 0 Å². The number of aliphatic hydroxyl groups is 1. The van der Waals surface area contributed by atoms with Gasteiger partial charge in [0.25, 0.3) is 0 Å². The van der Waals surface area contributed by atoms with Crippen LogP contribution in [0.1, 0.15) is 18.9 Å². The highest BCUT2D eigenvalue weighted by molar-refractivity contribution is 5.54. The summed E-state index contributed by atoms with van der Waals surface area (Å²) in [7, 11) is 0. The fourth-order valence-corrected chi connectivity index (χ4v) is 1.11. The van der Waals surface area contributed by atoms with Crippen LogP contribution in [-0.4, -0.2) is 11.7 Å². The van der Waals surface area contributed by atoms with Crippen LogP contribution < -0.4 is 0 Å². The second-order valence-corrected chi connectivity index (χ2v) is 2.95. The van der Waals surface area contributed by atoms with Crippen LogP contribution >= 0.6 is 0 Å². The zero-order valence-corrected chi connectivity index (χ0v) is 7.93. The van der Waals surface area contributed by atoms with Gasteiger partial charge in [-0.15, -0.1) is 0 Å². The van der Waals surface area contributed by atoms with E-state index in [1.165, 1.54) is 24.3 Å². The van der Waals surface area contributed by atoms with Gasteiger partial charge in [-0.05, 0) is 30.2 Å². The lowest BCUT2D eigenvalue weighted by molar-refractivity contribution is 0.329. The lowest BCUT2D eigenvalue weighted by Gasteiger charge is -2.02. The van der Waals surface area contributed by atoms with E-state index in [0.717, 1.165) is 0 Å². The topological polar surface area (TPSA) is 20.2 Å². The van der Waals surface area contributed by atoms with Crippen molar-refractivity contribution in [3.8, 4) is 0 Å². The monoisotopic (exact) mass is 198 g/mol. The molecule has 0 aliphatic rings. The molecular formula is C11H12F2O. The van der Waals surface area contributed by atoms with E-state index in [2.05, 4.69) is 0 Å². The molecule has 0 saturated carbocycles. The summed E-state index contributed by atoms with van der Waals surface area (Å²) in [6.07, 6.45) is 1.93. The van der Waals surface area contributed by atoms with Crippen LogP contribution in [-0.2, 0) is 0 Å². The van der Waals surface area contributed by atoms with Crippen LogP contribution in [0.4, 0.5) is 8.78 Å². The van der Waals surface area contributed by atoms with Crippen molar-refractivity contribution < 1.29 is 13.9 Å². The Morgan fingerprint density at radius 2 is 1.93 bits per heavy atom. The molecule has 0 radical (unpaired) electrons. The predicted molar refractivity (Wildman–Crippen MR) is 51.7 cm³/mol. The van der Waals surface area contributed by atoms with Gasteiger partial charge in [0.15, 0.2) is 0 Å². The molecule has 1 rings (SSSR count). The summed E-state index contributed by atoms with van der Waals surface area (Å²) < 4.78 is 26.2. The maximum absolute atomic E-state index is 13.1. The van der Waals surface area contributed by atoms with Crippen LogP contribution in [0, 0.1) is 11.6 Å². The van der Waals surface area contributed by atoms with Gasteiger partial charge in [0.05, 0.1) is 6.61 Å². The summed E-state index contributed by atoms with van der Waals surface area (Å²) in [6.45, 7) is 1.64. The molecule has 0 amide bonds. The Kier molecular flexibility index (Phi) is 3.77. The first-order chi connectivity index (χ1) is 6.69. The lowest BCUT2D eigenvalue weighted by atomic mass is 10.1. The fraction of sp³-hybridized carbons (Fsp3) is 0.273. The summed E-state index contributed by atoms with van der Waals surface area (Å²) in [6, 6.07) is 3.70. The fourth-order valence-electron chi connectivity index (χ4n) is 1.11. The van der Waals surface area contributed by atoms with E-state index in [9.17, 15) is 8.78 Å². The Morgan fingerprint density at radius 3 is 2.36 bits per heavy atom. The van der Waals surface area contributed by atoms with Crippen LogP contribution in [0.25, 0.3) is 6.08 Å². The first-order valence-electron chi connectivity index (χ1n) is 4.43. The van der Waals surface area contributed by atoms with Crippen LogP contribution in [0.3, 0.4) is 0 Å². The van der Waals surface area contributed by atoms with Crippen molar-refractivity contribution in [1.82, 2.24) is 0 Å². The van der Waals surface area contributed by atoms with E-state index in [0.29, 0.717) is 12.0 Å². The van der Waals surface area contributed by atoms with E-state index in [1.54, 1.807) is 0 Å². The maximum Gasteiger partial charge on any atom is 0.133 e. The molecule has 0 saturated heterocycles. The zero-order valence-electron chi connectivity index (χ0n) is 7.93. The zero-order chi connectivity index (χ0) is 10.6. The van der Waals surface area contributed by atoms with Crippen molar-refractivity contribution in [2.75, 3.05) is 6.61 Å². The summed E-state index contributed by atoms with van der Waals surface area (Å²) in [5.74, 6) is -1.21. The quantitative estimate of drug-likeness (QED) is 0.791. The molecule has 0 fully saturated rings. The van der Waals surface area contributed by atoms with Gasteiger partial charge >= 0.3 is 0 Å². The van der Waals surface area contributed by atoms with Gasteiger partial charge in [0, 0.05) is 5.56 Å². The molecule has 0 aromatic heterocycles. The van der Waals surface area contributed by atoms with Gasteiger partial charge < -0.3 is 5.11 Å². The maximum atomic E-state index is 13.1. The summed E-state index contributed by atoms with van der Waals surface area (Å²) in [5, 5.41) is 8.86. The third-order valence-electron chi connectivity index (χ3n) is 2.01. The third kappa shape index (κ3) is 2.39. The predicted octanol–water partition coefficient (Wildman–Crippen LogP) is 2.75. The van der Waals surface area contributed by atoms with Crippen molar-refractivity contribution in [3.63, 3.8) is 0 Å². The summed E-state index contributed by atoms with van der Waals surface area (Å²) in [4.78, 5) is 0. The molecule has 0 aliphatic carbocycles. The van der Waals surface area contributed by atoms with Crippen LogP contribution in [0.15, 0.2) is 23.8 Å². The van der Waals surface area contributed by atoms with E-state index < -0.39 is 11.6 Å². The number of hydrogen-bond acceptors (Lipinski definition) is 1. The molecule has 76 valence electrons. The minimum absolute atomic E-state index is 0.0848. The van der Waals surface area contributed by atoms with E-state index in [-0.39, 0.29) is 12.2 Å². The largest absolute Gasteiger partial charge is 0.392 e. The number of rotatable bonds is 3. The standard InChI is InChI=1S/C11H12F2O/c1-2-8(7-14)6-9-10(12)4-3-5-11(9)13/h3-6,14H,2,7H2,1H3/b8-6-. The van der Waals surface area contributed by atoms with Crippen molar-refractivity contribution >= 4 is 6.08 Å². The number of halogens is 2. The van der Waals surface area contributed by atoms with Crippen molar-refractivity contribution in [2.45, 2.75) is 13.3 Å². The number of aliphatic hydroxyl groups excluding tert-OH is 1. The average molecular weight is 198 g/mol. The van der Waals surface area contributed by atoms with Crippen molar-refractivity contribution in [1.29, 1.82) is 0 Å². The molecule has 3 heteroatoms. The SMILES string of the molecule is CC/C(=C/c1c(F)cccc1F)CO. The molecule has 1 N–H and O–H groups in total. The molecule has 1 aromatic carbocycles. The average Bonchev–Trinajstić information content (AvgIpc) is 2.18. The van der Waals surface area contributed by atoms with Gasteiger partial charge in [0.1, 0.15) is 11.6 Å². The summed E-state index contributed by atoms with van der Waals surface area (Å²) >= 11 is 0. The highest BCUT2D eigenvalue weighted by atomic mass is 19.1. The Balaban J connectivity index is 3.12. The van der Waals surface area contributed by atoms with Gasteiger partial charge in [-0.1, -0.05) is 13.0 Å². The van der Waals surface area contributed by atoms with Gasteiger partial charge in [-0.25, -0.2) is 8.78 Å². The normalized spacial score (nSPS) is 11.9. The number of hydrogen-bond donors (Lipinski definition) is 1. The molecule has 0 unspecified atom stereocenters. The minimum atomic E-state index is -0.607. The Bertz CT molecular complexity index is 319. The molecule has 1 nitrogen and oxygen atoms in total. The molecule has 0 aliphatic heterocycles. The first kappa shape index (κ1) is 10.9. The number of benzene rings is 1. The Hall–Kier alpha value is -1.22. The highest BCUT2D eigenvalue weighted by Crippen LogP contribution is 2.16. The van der Waals surface area contributed by atoms with Crippen molar-refractivity contribution in [3.05, 3.63) is 41.0 Å². The lowest BCUT2D eigenvalue weighted by Crippen LogP contribution is -1.93. The van der Waals surface area contributed by atoms with Crippen molar-refractivity contribution in [2.24, 2.45) is 0 Å². The van der Waals surface area contributed by atoms with Crippen LogP contribution in [0.5, 0.6) is 0 Å². The van der Waals surface area contributed by atoms with Gasteiger partial charge in [-0.2, -0.15) is 0 Å². The smallest absolute Gasteiger partial charge is 0.133 e. The van der Waals surface area contributed by atoms with E-state index in [4.69, 9.17) is 5.11 Å². The third-order valence-corrected chi connectivity index (χ3v) is 2.01. The molecule has 0 bridgehead atoms. The van der Waals surface area contributed by atoms with Gasteiger partial charge in [-0.3, -0.25) is 0 Å². The molecule has 1 aromatic rings. The van der Waals surface area contributed by atoms with E-state index in [1.807, 2.05) is 6.92 Å². The Labute approximate surface area is 81.7 Å². The molecule has 14 heavy (non-hydrogen) atoms. The Morgan fingerprint density at radius 1 is 1.36 bits per heavy atom. The molecule has 0 atom stereocenters. The minimum Gasteiger partial charge on any atom is -0.392 e. The summed E-state index contributed by atoms with van der Waals surface area (Å²) in [5.41, 5.74) is 0.521.